The predicted molar refractivity (Wildman–Crippen MR) is 103 cm³/mol. The van der Waals surface area contributed by atoms with Crippen molar-refractivity contribution in [3.05, 3.63) is 47.9 Å². The third kappa shape index (κ3) is 6.68. The maximum atomic E-state index is 12.0. The predicted octanol–water partition coefficient (Wildman–Crippen LogP) is 1.82. The third-order valence-electron chi connectivity index (χ3n) is 3.81. The van der Waals surface area contributed by atoms with E-state index in [-0.39, 0.29) is 5.91 Å². The maximum Gasteiger partial charge on any atom is 0.271 e. The summed E-state index contributed by atoms with van der Waals surface area (Å²) in [6.07, 6.45) is 4.82. The van der Waals surface area contributed by atoms with Crippen molar-refractivity contribution in [1.29, 1.82) is 0 Å². The second-order valence-corrected chi connectivity index (χ2v) is 6.23. The van der Waals surface area contributed by atoms with E-state index in [1.165, 1.54) is 11.8 Å². The first-order chi connectivity index (χ1) is 12.6. The molecule has 1 aromatic heterocycles. The highest BCUT2D eigenvalue weighted by Crippen LogP contribution is 2.13. The number of aromatic nitrogens is 2. The Labute approximate surface area is 154 Å². The number of hydrogen-bond donors (Lipinski definition) is 2. The summed E-state index contributed by atoms with van der Waals surface area (Å²) in [4.78, 5) is 22.5. The Balaban J connectivity index is 1.75. The molecule has 0 atom stereocenters. The standard InChI is InChI=1S/C19H27N5O2/c1-24(2)11-5-9-21-19(25)17-13-23-18(14-22-17)20-10-8-15-6-4-7-16(12-15)26-3/h4,6-7,12-14H,5,8-11H2,1-3H3,(H,20,23)(H,21,25). The summed E-state index contributed by atoms with van der Waals surface area (Å²) in [5, 5.41) is 6.06. The zero-order chi connectivity index (χ0) is 18.8. The molecule has 1 aromatic carbocycles. The van der Waals surface area contributed by atoms with E-state index in [4.69, 9.17) is 4.74 Å². The fraction of sp³-hybridized carbons (Fsp3) is 0.421. The summed E-state index contributed by atoms with van der Waals surface area (Å²) >= 11 is 0. The van der Waals surface area contributed by atoms with Crippen LogP contribution >= 0.6 is 0 Å². The Kier molecular flexibility index (Phi) is 7.82. The molecule has 0 bridgehead atoms. The molecular weight excluding hydrogens is 330 g/mol. The van der Waals surface area contributed by atoms with Crippen LogP contribution in [0.15, 0.2) is 36.7 Å². The first-order valence-corrected chi connectivity index (χ1v) is 8.70. The summed E-state index contributed by atoms with van der Waals surface area (Å²) in [5.74, 6) is 1.31. The molecule has 1 heterocycles. The zero-order valence-corrected chi connectivity index (χ0v) is 15.7. The van der Waals surface area contributed by atoms with Crippen LogP contribution in [0, 0.1) is 0 Å². The van der Waals surface area contributed by atoms with E-state index in [0.717, 1.165) is 31.7 Å². The number of nitrogens with one attached hydrogen (secondary N) is 2. The molecule has 0 spiro atoms. The molecule has 0 aliphatic rings. The second kappa shape index (κ2) is 10.4. The molecule has 2 N–H and O–H groups in total. The van der Waals surface area contributed by atoms with Gasteiger partial charge in [-0.3, -0.25) is 4.79 Å². The number of anilines is 1. The lowest BCUT2D eigenvalue weighted by atomic mass is 10.1. The molecule has 0 fully saturated rings. The molecule has 2 aromatic rings. The van der Waals surface area contributed by atoms with Gasteiger partial charge in [0.05, 0.1) is 19.5 Å². The summed E-state index contributed by atoms with van der Waals surface area (Å²) < 4.78 is 5.22. The van der Waals surface area contributed by atoms with Crippen LogP contribution in [0.5, 0.6) is 5.75 Å². The average Bonchev–Trinajstić information content (AvgIpc) is 2.65. The van der Waals surface area contributed by atoms with Crippen molar-refractivity contribution in [3.63, 3.8) is 0 Å². The zero-order valence-electron chi connectivity index (χ0n) is 15.7. The van der Waals surface area contributed by atoms with Gasteiger partial charge in [-0.1, -0.05) is 12.1 Å². The number of amides is 1. The van der Waals surface area contributed by atoms with Gasteiger partial charge in [0.25, 0.3) is 5.91 Å². The molecule has 140 valence electrons. The lowest BCUT2D eigenvalue weighted by Crippen LogP contribution is -2.27. The molecule has 0 radical (unpaired) electrons. The smallest absolute Gasteiger partial charge is 0.271 e. The largest absolute Gasteiger partial charge is 0.497 e. The summed E-state index contributed by atoms with van der Waals surface area (Å²) in [6, 6.07) is 7.96. The van der Waals surface area contributed by atoms with E-state index in [9.17, 15) is 4.79 Å². The number of methoxy groups -OCH3 is 1. The van der Waals surface area contributed by atoms with Crippen molar-refractivity contribution < 1.29 is 9.53 Å². The van der Waals surface area contributed by atoms with Gasteiger partial charge in [0.1, 0.15) is 17.3 Å². The minimum Gasteiger partial charge on any atom is -0.497 e. The first-order valence-electron chi connectivity index (χ1n) is 8.70. The average molecular weight is 357 g/mol. The number of rotatable bonds is 10. The molecule has 0 saturated carbocycles. The van der Waals surface area contributed by atoms with Crippen LogP contribution in [0.1, 0.15) is 22.5 Å². The van der Waals surface area contributed by atoms with Gasteiger partial charge < -0.3 is 20.3 Å². The molecular formula is C19H27N5O2. The fourth-order valence-corrected chi connectivity index (χ4v) is 2.39. The Morgan fingerprint density at radius 2 is 2.04 bits per heavy atom. The van der Waals surface area contributed by atoms with Crippen LogP contribution in [0.25, 0.3) is 0 Å². The number of hydrogen-bond acceptors (Lipinski definition) is 6. The van der Waals surface area contributed by atoms with E-state index in [1.54, 1.807) is 13.3 Å². The first kappa shape index (κ1) is 19.7. The minimum atomic E-state index is -0.195. The van der Waals surface area contributed by atoms with E-state index in [0.29, 0.717) is 18.1 Å². The third-order valence-corrected chi connectivity index (χ3v) is 3.81. The van der Waals surface area contributed by atoms with E-state index >= 15 is 0 Å². The molecule has 7 heteroatoms. The number of carbonyl (C=O) groups is 1. The van der Waals surface area contributed by atoms with Gasteiger partial charge in [0.15, 0.2) is 0 Å². The van der Waals surface area contributed by atoms with Gasteiger partial charge in [0.2, 0.25) is 0 Å². The fourth-order valence-electron chi connectivity index (χ4n) is 2.39. The molecule has 0 aliphatic carbocycles. The Morgan fingerprint density at radius 1 is 1.19 bits per heavy atom. The van der Waals surface area contributed by atoms with Gasteiger partial charge >= 0.3 is 0 Å². The highest BCUT2D eigenvalue weighted by atomic mass is 16.5. The lowest BCUT2D eigenvalue weighted by molar-refractivity contribution is 0.0947. The Morgan fingerprint density at radius 3 is 2.73 bits per heavy atom. The maximum absolute atomic E-state index is 12.0. The van der Waals surface area contributed by atoms with Crippen LogP contribution < -0.4 is 15.4 Å². The normalized spacial score (nSPS) is 10.6. The number of benzene rings is 1. The summed E-state index contributed by atoms with van der Waals surface area (Å²) in [5.41, 5.74) is 1.51. The molecule has 2 rings (SSSR count). The lowest BCUT2D eigenvalue weighted by Gasteiger charge is -2.10. The summed E-state index contributed by atoms with van der Waals surface area (Å²) in [7, 11) is 5.67. The molecule has 1 amide bonds. The van der Waals surface area contributed by atoms with Crippen molar-refractivity contribution in [3.8, 4) is 5.75 Å². The van der Waals surface area contributed by atoms with E-state index < -0.39 is 0 Å². The van der Waals surface area contributed by atoms with Crippen molar-refractivity contribution in [2.45, 2.75) is 12.8 Å². The van der Waals surface area contributed by atoms with Crippen LogP contribution in [0.2, 0.25) is 0 Å². The quantitative estimate of drug-likeness (QED) is 0.632. The van der Waals surface area contributed by atoms with Gasteiger partial charge in [-0.15, -0.1) is 0 Å². The monoisotopic (exact) mass is 357 g/mol. The van der Waals surface area contributed by atoms with Crippen molar-refractivity contribution in [1.82, 2.24) is 20.2 Å². The van der Waals surface area contributed by atoms with Gasteiger partial charge in [-0.25, -0.2) is 9.97 Å². The molecule has 0 saturated heterocycles. The second-order valence-electron chi connectivity index (χ2n) is 6.23. The molecule has 26 heavy (non-hydrogen) atoms. The minimum absolute atomic E-state index is 0.195. The topological polar surface area (TPSA) is 79.4 Å². The Hall–Kier alpha value is -2.67. The highest BCUT2D eigenvalue weighted by molar-refractivity contribution is 5.91. The molecule has 7 nitrogen and oxygen atoms in total. The van der Waals surface area contributed by atoms with E-state index in [2.05, 4.69) is 31.6 Å². The van der Waals surface area contributed by atoms with Gasteiger partial charge in [0, 0.05) is 13.1 Å². The van der Waals surface area contributed by atoms with E-state index in [1.807, 2.05) is 32.3 Å². The van der Waals surface area contributed by atoms with Gasteiger partial charge in [-0.2, -0.15) is 0 Å². The summed E-state index contributed by atoms with van der Waals surface area (Å²) in [6.45, 7) is 2.28. The Bertz CT molecular complexity index is 689. The van der Waals surface area contributed by atoms with Crippen molar-refractivity contribution in [2.75, 3.05) is 46.2 Å². The number of carbonyl (C=O) groups excluding carboxylic acids is 1. The number of nitrogens with zero attached hydrogens (tertiary/aromatic N) is 3. The van der Waals surface area contributed by atoms with Crippen molar-refractivity contribution >= 4 is 11.7 Å². The molecule has 0 aliphatic heterocycles. The van der Waals surface area contributed by atoms with Crippen LogP contribution in [-0.4, -0.2) is 61.6 Å². The van der Waals surface area contributed by atoms with Crippen molar-refractivity contribution in [2.24, 2.45) is 0 Å². The van der Waals surface area contributed by atoms with Crippen LogP contribution in [-0.2, 0) is 6.42 Å². The van der Waals surface area contributed by atoms with Crippen LogP contribution in [0.4, 0.5) is 5.82 Å². The molecule has 0 unspecified atom stereocenters. The highest BCUT2D eigenvalue weighted by Gasteiger charge is 2.07. The SMILES string of the molecule is COc1cccc(CCNc2cnc(C(=O)NCCCN(C)C)cn2)c1. The van der Waals surface area contributed by atoms with Crippen LogP contribution in [0.3, 0.4) is 0 Å². The van der Waals surface area contributed by atoms with Gasteiger partial charge in [-0.05, 0) is 51.2 Å². The number of ether oxygens (including phenoxy) is 1.